The molecule has 0 saturated heterocycles. The van der Waals surface area contributed by atoms with E-state index in [9.17, 15) is 0 Å². The molecule has 4 nitrogen and oxygen atoms in total. The maximum absolute atomic E-state index is 0. The van der Waals surface area contributed by atoms with Crippen LogP contribution in [0.1, 0.15) is 0 Å². The quantitative estimate of drug-likeness (QED) is 0.534. The van der Waals surface area contributed by atoms with Gasteiger partial charge in [-0.1, -0.05) is 0 Å². The molecule has 0 atom stereocenters. The monoisotopic (exact) mass is 281 g/mol. The molecule has 0 heterocycles. The van der Waals surface area contributed by atoms with Crippen molar-refractivity contribution in [3.63, 3.8) is 0 Å². The van der Waals surface area contributed by atoms with Crippen molar-refractivity contribution in [3.05, 3.63) is 0 Å². The predicted octanol–water partition coefficient (Wildman–Crippen LogP) is -0.483. The van der Waals surface area contributed by atoms with Crippen LogP contribution in [-0.2, 0) is 84.7 Å². The SMILES string of the molecule is [Cu+2].[O-2].[O-2].[O-2].[O-2].[Zn+2].[Zr+4]. The summed E-state index contributed by atoms with van der Waals surface area (Å²) in [7, 11) is 0. The fourth-order valence-corrected chi connectivity index (χ4v) is 0. The summed E-state index contributed by atoms with van der Waals surface area (Å²) in [5.74, 6) is 0. The second kappa shape index (κ2) is 106. The number of rotatable bonds is 0. The summed E-state index contributed by atoms with van der Waals surface area (Å²) in [6, 6.07) is 0. The van der Waals surface area contributed by atoms with Gasteiger partial charge in [0.25, 0.3) is 0 Å². The van der Waals surface area contributed by atoms with Crippen molar-refractivity contribution in [3.8, 4) is 0 Å². The topological polar surface area (TPSA) is 114 Å². The largest absolute Gasteiger partial charge is 4.00 e. The summed E-state index contributed by atoms with van der Waals surface area (Å²) in [6.45, 7) is 0. The molecule has 0 rings (SSSR count). The van der Waals surface area contributed by atoms with Crippen molar-refractivity contribution in [2.45, 2.75) is 0 Å². The Morgan fingerprint density at radius 1 is 0.571 bits per heavy atom. The molecular weight excluding hydrogens is 284 g/mol. The summed E-state index contributed by atoms with van der Waals surface area (Å²) in [5.41, 5.74) is 0. The molecular formula is CuO4ZnZr. The number of hydrogen-bond donors (Lipinski definition) is 0. The van der Waals surface area contributed by atoms with Crippen LogP contribution < -0.4 is 0 Å². The van der Waals surface area contributed by atoms with E-state index in [-0.39, 0.29) is 84.7 Å². The van der Waals surface area contributed by atoms with Gasteiger partial charge in [0, 0.05) is 0 Å². The van der Waals surface area contributed by atoms with Gasteiger partial charge < -0.3 is 21.9 Å². The van der Waals surface area contributed by atoms with Crippen LogP contribution in [0.3, 0.4) is 0 Å². The summed E-state index contributed by atoms with van der Waals surface area (Å²) >= 11 is 0. The van der Waals surface area contributed by atoms with Crippen molar-refractivity contribution in [1.82, 2.24) is 0 Å². The van der Waals surface area contributed by atoms with Crippen LogP contribution in [0.5, 0.6) is 0 Å². The molecule has 0 aromatic rings. The average molecular weight is 284 g/mol. The molecule has 41 valence electrons. The Hall–Kier alpha value is 1.87. The first-order valence-electron chi connectivity index (χ1n) is 0. The maximum atomic E-state index is 0. The molecule has 0 aromatic heterocycles. The van der Waals surface area contributed by atoms with Crippen molar-refractivity contribution >= 4 is 0 Å². The van der Waals surface area contributed by atoms with Gasteiger partial charge in [0.05, 0.1) is 0 Å². The second-order valence-corrected chi connectivity index (χ2v) is 0. The van der Waals surface area contributed by atoms with Crippen LogP contribution in [0.4, 0.5) is 0 Å². The van der Waals surface area contributed by atoms with Crippen LogP contribution in [0, 0.1) is 0 Å². The standard InChI is InChI=1S/Cu.4O.Zn.Zr/q+2;4*-2;+2;+4. The molecule has 0 N–H and O–H groups in total. The second-order valence-electron chi connectivity index (χ2n) is 0. The molecule has 0 fully saturated rings. The van der Waals surface area contributed by atoms with Gasteiger partial charge in [-0.3, -0.25) is 0 Å². The Morgan fingerprint density at radius 2 is 0.571 bits per heavy atom. The van der Waals surface area contributed by atoms with Gasteiger partial charge in [-0.2, -0.15) is 0 Å². The van der Waals surface area contributed by atoms with Crippen molar-refractivity contribution in [2.75, 3.05) is 0 Å². The van der Waals surface area contributed by atoms with E-state index < -0.39 is 0 Å². The van der Waals surface area contributed by atoms with Crippen LogP contribution in [0.15, 0.2) is 0 Å². The number of hydrogen-bond acceptors (Lipinski definition) is 0. The third-order valence-corrected chi connectivity index (χ3v) is 0. The summed E-state index contributed by atoms with van der Waals surface area (Å²) in [4.78, 5) is 0. The molecule has 7 heteroatoms. The van der Waals surface area contributed by atoms with Gasteiger partial charge in [0.15, 0.2) is 0 Å². The Kier molecular flexibility index (Phi) is 2400. The fourth-order valence-electron chi connectivity index (χ4n) is 0. The van der Waals surface area contributed by atoms with E-state index in [2.05, 4.69) is 0 Å². The van der Waals surface area contributed by atoms with Gasteiger partial charge in [0.2, 0.25) is 0 Å². The summed E-state index contributed by atoms with van der Waals surface area (Å²) in [6.07, 6.45) is 0. The van der Waals surface area contributed by atoms with E-state index in [0.29, 0.717) is 0 Å². The van der Waals surface area contributed by atoms with Gasteiger partial charge >= 0.3 is 62.8 Å². The molecule has 0 aliphatic heterocycles. The Balaban J connectivity index is 0. The van der Waals surface area contributed by atoms with Crippen molar-refractivity contribution in [2.24, 2.45) is 0 Å². The average Bonchev–Trinajstić information content (AvgIpc) is 0. The summed E-state index contributed by atoms with van der Waals surface area (Å²) < 4.78 is 0. The first-order valence-corrected chi connectivity index (χ1v) is 0. The maximum Gasteiger partial charge on any atom is 4.00 e. The normalized spacial score (nSPS) is 0. The van der Waals surface area contributed by atoms with E-state index >= 15 is 0 Å². The Bertz CT molecular complexity index is 11.7. The molecule has 0 saturated carbocycles. The minimum absolute atomic E-state index is 0. The van der Waals surface area contributed by atoms with Crippen LogP contribution >= 0.6 is 0 Å². The van der Waals surface area contributed by atoms with Gasteiger partial charge in [0.1, 0.15) is 0 Å². The van der Waals surface area contributed by atoms with E-state index in [0.717, 1.165) is 0 Å². The fraction of sp³-hybridized carbons (Fsp3) is 0. The molecule has 1 radical (unpaired) electrons. The molecule has 0 aliphatic carbocycles. The van der Waals surface area contributed by atoms with Crippen LogP contribution in [-0.4, -0.2) is 0 Å². The van der Waals surface area contributed by atoms with E-state index in [1.165, 1.54) is 0 Å². The zero-order valence-corrected chi connectivity index (χ0v) is 9.51. The molecule has 0 amide bonds. The van der Waals surface area contributed by atoms with E-state index in [1.807, 2.05) is 0 Å². The van der Waals surface area contributed by atoms with Gasteiger partial charge in [-0.15, -0.1) is 0 Å². The minimum atomic E-state index is 0. The zero-order chi connectivity index (χ0) is 0. The zero-order valence-electron chi connectivity index (χ0n) is 3.14. The first-order chi connectivity index (χ1) is 0. The Labute approximate surface area is 84.0 Å². The molecule has 0 spiro atoms. The minimum Gasteiger partial charge on any atom is -2.00 e. The van der Waals surface area contributed by atoms with Gasteiger partial charge in [-0.25, -0.2) is 0 Å². The Morgan fingerprint density at radius 3 is 0.571 bits per heavy atom. The van der Waals surface area contributed by atoms with E-state index in [1.54, 1.807) is 0 Å². The molecule has 0 aromatic carbocycles. The first kappa shape index (κ1) is 158. The van der Waals surface area contributed by atoms with Crippen molar-refractivity contribution < 1.29 is 84.7 Å². The predicted molar refractivity (Wildman–Crippen MR) is 2.75 cm³/mol. The molecule has 0 unspecified atom stereocenters. The van der Waals surface area contributed by atoms with Gasteiger partial charge in [-0.05, 0) is 0 Å². The smallest absolute Gasteiger partial charge is 2.00 e. The van der Waals surface area contributed by atoms with Crippen LogP contribution in [0.2, 0.25) is 0 Å². The third kappa shape index (κ3) is 77.7. The molecule has 0 aliphatic rings. The van der Waals surface area contributed by atoms with Crippen LogP contribution in [0.25, 0.3) is 0 Å². The van der Waals surface area contributed by atoms with E-state index in [4.69, 9.17) is 0 Å². The molecule has 0 bridgehead atoms. The third-order valence-electron chi connectivity index (χ3n) is 0. The molecule has 7 heavy (non-hydrogen) atoms. The van der Waals surface area contributed by atoms with Crippen molar-refractivity contribution in [1.29, 1.82) is 0 Å². The summed E-state index contributed by atoms with van der Waals surface area (Å²) in [5, 5.41) is 0.